The van der Waals surface area contributed by atoms with Crippen LogP contribution in [0.3, 0.4) is 0 Å². The van der Waals surface area contributed by atoms with Crippen LogP contribution in [0.15, 0.2) is 37.0 Å². The minimum atomic E-state index is 1.10. The largest absolute Gasteiger partial charge is 0.306 e. The van der Waals surface area contributed by atoms with Crippen molar-refractivity contribution in [1.82, 2.24) is 4.90 Å². The van der Waals surface area contributed by atoms with Gasteiger partial charge in [0.25, 0.3) is 0 Å². The molecule has 1 saturated heterocycles. The fourth-order valence-electron chi connectivity index (χ4n) is 1.41. The summed E-state index contributed by atoms with van der Waals surface area (Å²) in [5.74, 6) is 0. The molecule has 0 radical (unpaired) electrons. The van der Waals surface area contributed by atoms with Crippen LogP contribution in [0, 0.1) is 0 Å². The zero-order chi connectivity index (χ0) is 11.4. The van der Waals surface area contributed by atoms with Gasteiger partial charge >= 0.3 is 0 Å². The maximum atomic E-state index is 3.54. The Labute approximate surface area is 95.2 Å². The first-order valence-corrected chi connectivity index (χ1v) is 5.94. The molecule has 0 atom stereocenters. The van der Waals surface area contributed by atoms with Gasteiger partial charge in [0, 0.05) is 0 Å². The molecule has 0 aromatic carbocycles. The molecule has 1 nitrogen and oxygen atoms in total. The molecule has 15 heavy (non-hydrogen) atoms. The van der Waals surface area contributed by atoms with Crippen molar-refractivity contribution in [2.75, 3.05) is 20.1 Å². The SMILES string of the molecule is C=C/C=C\C=C/CC.CN1CCCCC1. The Morgan fingerprint density at radius 1 is 1.07 bits per heavy atom. The third-order valence-corrected chi connectivity index (χ3v) is 2.31. The highest BCUT2D eigenvalue weighted by Crippen LogP contribution is 2.04. The lowest BCUT2D eigenvalue weighted by atomic mass is 10.1. The molecule has 1 heterocycles. The van der Waals surface area contributed by atoms with E-state index in [1.54, 1.807) is 6.08 Å². The van der Waals surface area contributed by atoms with Gasteiger partial charge in [-0.05, 0) is 39.4 Å². The van der Waals surface area contributed by atoms with E-state index < -0.39 is 0 Å². The fraction of sp³-hybridized carbons (Fsp3) is 0.571. The van der Waals surface area contributed by atoms with E-state index in [1.807, 2.05) is 18.2 Å². The first kappa shape index (κ1) is 14.2. The summed E-state index contributed by atoms with van der Waals surface area (Å²) in [5, 5.41) is 0. The van der Waals surface area contributed by atoms with Gasteiger partial charge in [-0.2, -0.15) is 0 Å². The Kier molecular flexibility index (Phi) is 10.6. The van der Waals surface area contributed by atoms with Crippen molar-refractivity contribution in [1.29, 1.82) is 0 Å². The maximum Gasteiger partial charge on any atom is -0.00218 e. The van der Waals surface area contributed by atoms with Crippen molar-refractivity contribution in [2.45, 2.75) is 32.6 Å². The van der Waals surface area contributed by atoms with Gasteiger partial charge in [0.05, 0.1) is 0 Å². The van der Waals surface area contributed by atoms with Crippen molar-refractivity contribution in [2.24, 2.45) is 0 Å². The highest BCUT2D eigenvalue weighted by atomic mass is 15.1. The molecule has 86 valence electrons. The molecule has 0 spiro atoms. The monoisotopic (exact) mass is 207 g/mol. The summed E-state index contributed by atoms with van der Waals surface area (Å²) in [7, 11) is 2.19. The highest BCUT2D eigenvalue weighted by Gasteiger charge is 2.02. The molecule has 1 rings (SSSR count). The molecule has 1 heteroatoms. The summed E-state index contributed by atoms with van der Waals surface area (Å²) in [6.45, 7) is 8.29. The molecule has 1 aliphatic heterocycles. The molecule has 0 saturated carbocycles. The smallest absolute Gasteiger partial charge is 0.00218 e. The normalized spacial score (nSPS) is 17.7. The second kappa shape index (κ2) is 11.3. The predicted molar refractivity (Wildman–Crippen MR) is 70.1 cm³/mol. The topological polar surface area (TPSA) is 3.24 Å². The van der Waals surface area contributed by atoms with Crippen LogP contribution < -0.4 is 0 Å². The van der Waals surface area contributed by atoms with E-state index in [9.17, 15) is 0 Å². The number of rotatable bonds is 3. The Hall–Kier alpha value is -0.820. The van der Waals surface area contributed by atoms with Gasteiger partial charge < -0.3 is 4.90 Å². The standard InChI is InChI=1S/C8H12.C6H13N/c1-3-5-7-8-6-4-2;1-7-5-3-2-4-6-7/h3,5-8H,1,4H2,2H3;2-6H2,1H3/b7-5-,8-6-;. The second-order valence-corrected chi connectivity index (χ2v) is 3.82. The predicted octanol–water partition coefficient (Wildman–Crippen LogP) is 3.80. The lowest BCUT2D eigenvalue weighted by molar-refractivity contribution is 0.277. The number of nitrogens with zero attached hydrogens (tertiary/aromatic N) is 1. The van der Waals surface area contributed by atoms with Crippen LogP contribution in [0.1, 0.15) is 32.6 Å². The summed E-state index contributed by atoms with van der Waals surface area (Å²) < 4.78 is 0. The summed E-state index contributed by atoms with van der Waals surface area (Å²) in [5.41, 5.74) is 0. The average molecular weight is 207 g/mol. The van der Waals surface area contributed by atoms with Crippen molar-refractivity contribution in [3.05, 3.63) is 37.0 Å². The van der Waals surface area contributed by atoms with Gasteiger partial charge in [-0.25, -0.2) is 0 Å². The van der Waals surface area contributed by atoms with Gasteiger partial charge in [-0.15, -0.1) is 0 Å². The van der Waals surface area contributed by atoms with Crippen LogP contribution >= 0.6 is 0 Å². The highest BCUT2D eigenvalue weighted by molar-refractivity contribution is 5.08. The fourth-order valence-corrected chi connectivity index (χ4v) is 1.41. The Morgan fingerprint density at radius 2 is 1.73 bits per heavy atom. The molecule has 0 aromatic rings. The Bertz CT molecular complexity index is 186. The first-order valence-electron chi connectivity index (χ1n) is 5.94. The van der Waals surface area contributed by atoms with E-state index in [0.29, 0.717) is 0 Å². The van der Waals surface area contributed by atoms with Gasteiger partial charge in [0.1, 0.15) is 0 Å². The van der Waals surface area contributed by atoms with Gasteiger partial charge in [-0.3, -0.25) is 0 Å². The molecule has 0 amide bonds. The molecular formula is C14H25N. The van der Waals surface area contributed by atoms with Crippen molar-refractivity contribution in [3.8, 4) is 0 Å². The van der Waals surface area contributed by atoms with Crippen LogP contribution in [0.4, 0.5) is 0 Å². The van der Waals surface area contributed by atoms with E-state index >= 15 is 0 Å². The minimum absolute atomic E-state index is 1.10. The summed E-state index contributed by atoms with van der Waals surface area (Å²) in [6.07, 6.45) is 15.1. The lowest BCUT2D eigenvalue weighted by Crippen LogP contribution is -2.24. The quantitative estimate of drug-likeness (QED) is 0.636. The number of likely N-dealkylation sites (tertiary alicyclic amines) is 1. The van der Waals surface area contributed by atoms with Crippen LogP contribution in [-0.4, -0.2) is 25.0 Å². The van der Waals surface area contributed by atoms with Crippen LogP contribution in [0.25, 0.3) is 0 Å². The van der Waals surface area contributed by atoms with E-state index in [1.165, 1.54) is 32.4 Å². The molecule has 0 bridgehead atoms. The molecular weight excluding hydrogens is 182 g/mol. The van der Waals surface area contributed by atoms with E-state index in [0.717, 1.165) is 6.42 Å². The number of piperidine rings is 1. The van der Waals surface area contributed by atoms with Crippen molar-refractivity contribution in [3.63, 3.8) is 0 Å². The molecule has 0 N–H and O–H groups in total. The number of hydrogen-bond acceptors (Lipinski definition) is 1. The first-order chi connectivity index (χ1) is 7.31. The molecule has 1 fully saturated rings. The third-order valence-electron chi connectivity index (χ3n) is 2.31. The summed E-state index contributed by atoms with van der Waals surface area (Å²) in [4.78, 5) is 2.39. The summed E-state index contributed by atoms with van der Waals surface area (Å²) >= 11 is 0. The van der Waals surface area contributed by atoms with E-state index in [2.05, 4.69) is 31.5 Å². The Morgan fingerprint density at radius 3 is 2.13 bits per heavy atom. The lowest BCUT2D eigenvalue weighted by Gasteiger charge is -2.20. The third kappa shape index (κ3) is 11.1. The zero-order valence-corrected chi connectivity index (χ0v) is 10.3. The zero-order valence-electron chi connectivity index (χ0n) is 10.3. The number of allylic oxidation sites excluding steroid dienone is 5. The summed E-state index contributed by atoms with van der Waals surface area (Å²) in [6, 6.07) is 0. The maximum absolute atomic E-state index is 3.54. The minimum Gasteiger partial charge on any atom is -0.306 e. The molecule has 1 aliphatic rings. The second-order valence-electron chi connectivity index (χ2n) is 3.82. The average Bonchev–Trinajstić information content (AvgIpc) is 2.27. The Balaban J connectivity index is 0.000000262. The molecule has 0 aromatic heterocycles. The van der Waals surface area contributed by atoms with Gasteiger partial charge in [0.15, 0.2) is 0 Å². The van der Waals surface area contributed by atoms with E-state index in [4.69, 9.17) is 0 Å². The van der Waals surface area contributed by atoms with Crippen LogP contribution in [-0.2, 0) is 0 Å². The van der Waals surface area contributed by atoms with Crippen LogP contribution in [0.5, 0.6) is 0 Å². The molecule has 0 aliphatic carbocycles. The number of hydrogen-bond donors (Lipinski definition) is 0. The van der Waals surface area contributed by atoms with E-state index in [-0.39, 0.29) is 0 Å². The van der Waals surface area contributed by atoms with Crippen molar-refractivity contribution < 1.29 is 0 Å². The van der Waals surface area contributed by atoms with Crippen LogP contribution in [0.2, 0.25) is 0 Å². The molecule has 0 unspecified atom stereocenters. The van der Waals surface area contributed by atoms with Gasteiger partial charge in [0.2, 0.25) is 0 Å². The van der Waals surface area contributed by atoms with Gasteiger partial charge in [-0.1, -0.05) is 50.3 Å². The van der Waals surface area contributed by atoms with Crippen molar-refractivity contribution >= 4 is 0 Å².